The van der Waals surface area contributed by atoms with Gasteiger partial charge in [-0.3, -0.25) is 4.68 Å². The zero-order chi connectivity index (χ0) is 12.7. The number of hydrogen-bond acceptors (Lipinski definition) is 2. The standard InChI is InChI=1S/C13H11N3O2/c1-15-11(6-7-14-15)12-8-9-4-2-3-5-10(9)16(12)13(17)18/h2-8H,1H3,(H,17,18). The summed E-state index contributed by atoms with van der Waals surface area (Å²) in [6, 6.07) is 11.1. The van der Waals surface area contributed by atoms with Gasteiger partial charge in [0.25, 0.3) is 0 Å². The van der Waals surface area contributed by atoms with Crippen LogP contribution in [0.1, 0.15) is 0 Å². The van der Waals surface area contributed by atoms with Crippen molar-refractivity contribution in [3.05, 3.63) is 42.6 Å². The fourth-order valence-electron chi connectivity index (χ4n) is 2.17. The molecule has 1 N–H and O–H groups in total. The molecule has 0 aliphatic heterocycles. The van der Waals surface area contributed by atoms with Crippen LogP contribution in [0.25, 0.3) is 22.3 Å². The van der Waals surface area contributed by atoms with Crippen molar-refractivity contribution in [3.63, 3.8) is 0 Å². The van der Waals surface area contributed by atoms with E-state index >= 15 is 0 Å². The number of aryl methyl sites for hydroxylation is 1. The lowest BCUT2D eigenvalue weighted by Crippen LogP contribution is -2.10. The minimum absolute atomic E-state index is 0.628. The normalized spacial score (nSPS) is 10.9. The number of carboxylic acid groups (broad SMARTS) is 1. The predicted molar refractivity (Wildman–Crippen MR) is 67.6 cm³/mol. The second-order valence-electron chi connectivity index (χ2n) is 4.05. The van der Waals surface area contributed by atoms with Gasteiger partial charge in [-0.1, -0.05) is 18.2 Å². The number of nitrogens with zero attached hydrogens (tertiary/aromatic N) is 3. The summed E-state index contributed by atoms with van der Waals surface area (Å²) in [6.45, 7) is 0. The number of para-hydroxylation sites is 1. The average molecular weight is 241 g/mol. The van der Waals surface area contributed by atoms with Crippen LogP contribution in [0.15, 0.2) is 42.6 Å². The van der Waals surface area contributed by atoms with Crippen molar-refractivity contribution in [2.45, 2.75) is 0 Å². The van der Waals surface area contributed by atoms with Gasteiger partial charge < -0.3 is 5.11 Å². The molecule has 2 heterocycles. The van der Waals surface area contributed by atoms with Gasteiger partial charge in [0, 0.05) is 18.6 Å². The predicted octanol–water partition coefficient (Wildman–Crippen LogP) is 2.57. The van der Waals surface area contributed by atoms with E-state index in [0.29, 0.717) is 11.2 Å². The molecule has 0 saturated carbocycles. The van der Waals surface area contributed by atoms with Crippen LogP contribution in [0.5, 0.6) is 0 Å². The summed E-state index contributed by atoms with van der Waals surface area (Å²) < 4.78 is 2.94. The van der Waals surface area contributed by atoms with Gasteiger partial charge in [0.1, 0.15) is 0 Å². The van der Waals surface area contributed by atoms with Gasteiger partial charge in [-0.2, -0.15) is 5.10 Å². The second-order valence-corrected chi connectivity index (χ2v) is 4.05. The van der Waals surface area contributed by atoms with Gasteiger partial charge in [-0.15, -0.1) is 0 Å². The Bertz CT molecular complexity index is 740. The first kappa shape index (κ1) is 10.6. The van der Waals surface area contributed by atoms with Crippen LogP contribution in [0, 0.1) is 0 Å². The maximum Gasteiger partial charge on any atom is 0.416 e. The average Bonchev–Trinajstić information content (AvgIpc) is 2.91. The van der Waals surface area contributed by atoms with Crippen LogP contribution in [0.2, 0.25) is 0 Å². The zero-order valence-electron chi connectivity index (χ0n) is 9.74. The number of hydrogen-bond donors (Lipinski definition) is 1. The Balaban J connectivity index is 2.39. The minimum atomic E-state index is -0.993. The van der Waals surface area contributed by atoms with E-state index < -0.39 is 6.09 Å². The molecule has 0 aliphatic carbocycles. The second kappa shape index (κ2) is 3.73. The van der Waals surface area contributed by atoms with Crippen LogP contribution < -0.4 is 0 Å². The molecule has 0 fully saturated rings. The molecule has 0 radical (unpaired) electrons. The molecule has 0 unspecified atom stereocenters. The van der Waals surface area contributed by atoms with Crippen LogP contribution >= 0.6 is 0 Å². The van der Waals surface area contributed by atoms with E-state index in [1.807, 2.05) is 24.3 Å². The van der Waals surface area contributed by atoms with Crippen LogP contribution in [-0.2, 0) is 7.05 Å². The molecule has 0 bridgehead atoms. The number of rotatable bonds is 1. The summed E-state index contributed by atoms with van der Waals surface area (Å²) in [6.07, 6.45) is 0.659. The molecular formula is C13H11N3O2. The van der Waals surface area contributed by atoms with Gasteiger partial charge in [-0.05, 0) is 18.2 Å². The Morgan fingerprint density at radius 2 is 2.00 bits per heavy atom. The van der Waals surface area contributed by atoms with E-state index in [0.717, 1.165) is 11.1 Å². The molecule has 0 aliphatic rings. The fraction of sp³-hybridized carbons (Fsp3) is 0.0769. The number of fused-ring (bicyclic) bond motifs is 1. The molecule has 1 aromatic carbocycles. The molecule has 0 amide bonds. The number of benzene rings is 1. The summed E-state index contributed by atoms with van der Waals surface area (Å²) >= 11 is 0. The van der Waals surface area contributed by atoms with E-state index in [1.54, 1.807) is 30.1 Å². The van der Waals surface area contributed by atoms with Gasteiger partial charge in [0.15, 0.2) is 0 Å². The monoisotopic (exact) mass is 241 g/mol. The lowest BCUT2D eigenvalue weighted by atomic mass is 10.2. The maximum absolute atomic E-state index is 11.4. The topological polar surface area (TPSA) is 60.0 Å². The van der Waals surface area contributed by atoms with E-state index in [1.165, 1.54) is 4.57 Å². The van der Waals surface area contributed by atoms with Crippen molar-refractivity contribution in [1.82, 2.24) is 14.3 Å². The first-order valence-electron chi connectivity index (χ1n) is 5.50. The Morgan fingerprint density at radius 3 is 2.67 bits per heavy atom. The highest BCUT2D eigenvalue weighted by Crippen LogP contribution is 2.27. The van der Waals surface area contributed by atoms with Crippen LogP contribution in [-0.4, -0.2) is 25.5 Å². The highest BCUT2D eigenvalue weighted by Gasteiger charge is 2.16. The lowest BCUT2D eigenvalue weighted by Gasteiger charge is -2.05. The molecule has 3 rings (SSSR count). The maximum atomic E-state index is 11.4. The van der Waals surface area contributed by atoms with E-state index in [4.69, 9.17) is 0 Å². The van der Waals surface area contributed by atoms with Crippen molar-refractivity contribution >= 4 is 17.0 Å². The molecule has 0 atom stereocenters. The smallest absolute Gasteiger partial charge is 0.416 e. The molecule has 2 aromatic heterocycles. The highest BCUT2D eigenvalue weighted by atomic mass is 16.4. The lowest BCUT2D eigenvalue weighted by molar-refractivity contribution is 0.198. The summed E-state index contributed by atoms with van der Waals surface area (Å²) in [7, 11) is 1.79. The van der Waals surface area contributed by atoms with Gasteiger partial charge >= 0.3 is 6.09 Å². The van der Waals surface area contributed by atoms with Gasteiger partial charge in [0.05, 0.1) is 16.9 Å². The largest absolute Gasteiger partial charge is 0.464 e. The quantitative estimate of drug-likeness (QED) is 0.712. The van der Waals surface area contributed by atoms with Crippen LogP contribution in [0.4, 0.5) is 4.79 Å². The van der Waals surface area contributed by atoms with Crippen molar-refractivity contribution in [3.8, 4) is 11.4 Å². The van der Waals surface area contributed by atoms with Crippen molar-refractivity contribution in [1.29, 1.82) is 0 Å². The number of carbonyl (C=O) groups is 1. The summed E-state index contributed by atoms with van der Waals surface area (Å²) in [5.74, 6) is 0. The third-order valence-corrected chi connectivity index (χ3v) is 2.99. The molecule has 0 saturated heterocycles. The van der Waals surface area contributed by atoms with E-state index in [-0.39, 0.29) is 0 Å². The summed E-state index contributed by atoms with van der Waals surface area (Å²) in [5, 5.41) is 14.3. The van der Waals surface area contributed by atoms with Crippen molar-refractivity contribution in [2.24, 2.45) is 7.05 Å². The van der Waals surface area contributed by atoms with E-state index in [9.17, 15) is 9.90 Å². The van der Waals surface area contributed by atoms with Crippen molar-refractivity contribution in [2.75, 3.05) is 0 Å². The Morgan fingerprint density at radius 1 is 1.22 bits per heavy atom. The third-order valence-electron chi connectivity index (χ3n) is 2.99. The molecule has 5 heteroatoms. The first-order chi connectivity index (χ1) is 8.68. The SMILES string of the molecule is Cn1nccc1-c1cc2ccccc2n1C(=O)O. The molecule has 18 heavy (non-hydrogen) atoms. The molecule has 5 nitrogen and oxygen atoms in total. The molecule has 0 spiro atoms. The third kappa shape index (κ3) is 1.41. The van der Waals surface area contributed by atoms with Crippen molar-refractivity contribution < 1.29 is 9.90 Å². The number of aromatic nitrogens is 3. The highest BCUT2D eigenvalue weighted by molar-refractivity contribution is 5.95. The summed E-state index contributed by atoms with van der Waals surface area (Å²) in [5.41, 5.74) is 2.08. The molecule has 3 aromatic rings. The minimum Gasteiger partial charge on any atom is -0.464 e. The van der Waals surface area contributed by atoms with Crippen LogP contribution in [0.3, 0.4) is 0 Å². The first-order valence-corrected chi connectivity index (χ1v) is 5.50. The Hall–Kier alpha value is -2.56. The zero-order valence-corrected chi connectivity index (χ0v) is 9.74. The van der Waals surface area contributed by atoms with Gasteiger partial charge in [-0.25, -0.2) is 9.36 Å². The Kier molecular flexibility index (Phi) is 2.19. The molecular weight excluding hydrogens is 230 g/mol. The van der Waals surface area contributed by atoms with E-state index in [2.05, 4.69) is 5.10 Å². The Labute approximate surface area is 103 Å². The van der Waals surface area contributed by atoms with Gasteiger partial charge in [0.2, 0.25) is 0 Å². The fourth-order valence-corrected chi connectivity index (χ4v) is 2.17. The molecule has 90 valence electrons. The summed E-state index contributed by atoms with van der Waals surface area (Å²) in [4.78, 5) is 11.4.